The Kier molecular flexibility index (Phi) is 4.88. The van der Waals surface area contributed by atoms with E-state index in [1.54, 1.807) is 0 Å². The summed E-state index contributed by atoms with van der Waals surface area (Å²) in [5.41, 5.74) is 0. The molecule has 6 nitrogen and oxygen atoms in total. The zero-order valence-electron chi connectivity index (χ0n) is 9.11. The summed E-state index contributed by atoms with van der Waals surface area (Å²) < 4.78 is 14.4. The maximum absolute atomic E-state index is 6.38. The summed E-state index contributed by atoms with van der Waals surface area (Å²) in [5, 5.41) is 6.27. The maximum atomic E-state index is 6.38. The lowest BCUT2D eigenvalue weighted by atomic mass is 10.5. The first kappa shape index (κ1) is 15.0. The lowest BCUT2D eigenvalue weighted by Crippen LogP contribution is -2.29. The Bertz CT molecular complexity index is 404. The van der Waals surface area contributed by atoms with Crippen molar-refractivity contribution in [1.29, 1.82) is 0 Å². The molecule has 100 valence electrons. The Morgan fingerprint density at radius 2 is 2.24 bits per heavy atom. The van der Waals surface area contributed by atoms with Gasteiger partial charge in [0.1, 0.15) is 0 Å². The predicted molar refractivity (Wildman–Crippen MR) is 78.6 cm³/mol. The van der Waals surface area contributed by atoms with E-state index < -0.39 is 20.6 Å². The van der Waals surface area contributed by atoms with Crippen molar-refractivity contribution in [2.75, 3.05) is 19.7 Å². The molecule has 2 heterocycles. The molecular formula is C5H14Cl3N5OP3+. The molecule has 2 atom stereocenters. The predicted octanol–water partition coefficient (Wildman–Crippen LogP) is 4.50. The summed E-state index contributed by atoms with van der Waals surface area (Å²) in [7, 11) is -4.95. The van der Waals surface area contributed by atoms with Gasteiger partial charge in [0, 0.05) is 13.1 Å². The lowest BCUT2D eigenvalue weighted by molar-refractivity contribution is 0.308. The first-order valence-corrected chi connectivity index (χ1v) is 12.9. The molecule has 17 heavy (non-hydrogen) atoms. The van der Waals surface area contributed by atoms with Crippen LogP contribution in [0.2, 0.25) is 0 Å². The van der Waals surface area contributed by atoms with E-state index in [0.29, 0.717) is 13.2 Å². The molecule has 2 rings (SSSR count). The highest BCUT2D eigenvalue weighted by Gasteiger charge is 2.50. The maximum Gasteiger partial charge on any atom is 0.424 e. The van der Waals surface area contributed by atoms with Crippen molar-refractivity contribution in [3.8, 4) is 0 Å². The first-order valence-electron chi connectivity index (χ1n) is 5.09. The standard InChI is InChI=1S/C5H14Cl3N5OP3/c1-2-9-16(8)11-15(6,7)12-17(13-16)10-4-3-5-14-17/h9-10,12H,2-5H2,1H3/q+1/t16?,17-/m0/s1. The third-order valence-corrected chi connectivity index (χ3v) is 13.9. The quantitative estimate of drug-likeness (QED) is 0.635. The van der Waals surface area contributed by atoms with Gasteiger partial charge in [-0.05, 0) is 44.9 Å². The second-order valence-corrected chi connectivity index (χ2v) is 14.6. The van der Waals surface area contributed by atoms with Gasteiger partial charge in [-0.1, -0.05) is 0 Å². The minimum absolute atomic E-state index is 0.619. The van der Waals surface area contributed by atoms with E-state index in [-0.39, 0.29) is 0 Å². The average molecular weight is 359 g/mol. The molecule has 0 aliphatic carbocycles. The highest BCUT2D eigenvalue weighted by atomic mass is 35.9. The largest absolute Gasteiger partial charge is 0.424 e. The van der Waals surface area contributed by atoms with Crippen LogP contribution in [0.4, 0.5) is 0 Å². The topological polar surface area (TPSA) is 70.0 Å². The Labute approximate surface area is 116 Å². The van der Waals surface area contributed by atoms with Gasteiger partial charge in [-0.15, -0.1) is 5.09 Å². The Morgan fingerprint density at radius 1 is 1.47 bits per heavy atom. The van der Waals surface area contributed by atoms with Gasteiger partial charge in [-0.25, -0.2) is 5.09 Å². The molecule has 2 aliphatic heterocycles. The molecule has 0 bridgehead atoms. The van der Waals surface area contributed by atoms with Gasteiger partial charge >= 0.3 is 7.07 Å². The molecule has 12 heteroatoms. The van der Waals surface area contributed by atoms with Crippen LogP contribution in [-0.4, -0.2) is 19.7 Å². The number of nitrogens with zero attached hydrogens (tertiary/aromatic N) is 2. The molecule has 0 aromatic heterocycles. The molecule has 2 aliphatic rings. The molecule has 0 aromatic rings. The Morgan fingerprint density at radius 3 is 2.82 bits per heavy atom. The van der Waals surface area contributed by atoms with E-state index in [4.69, 9.17) is 38.2 Å². The highest BCUT2D eigenvalue weighted by molar-refractivity contribution is 8.17. The van der Waals surface area contributed by atoms with Crippen LogP contribution in [0.3, 0.4) is 0 Å². The van der Waals surface area contributed by atoms with Crippen LogP contribution in [0.25, 0.3) is 0 Å². The summed E-state index contributed by atoms with van der Waals surface area (Å²) in [5.74, 6) is -2.68. The van der Waals surface area contributed by atoms with E-state index in [2.05, 4.69) is 24.1 Å². The molecule has 0 saturated carbocycles. The van der Waals surface area contributed by atoms with Crippen molar-refractivity contribution in [2.45, 2.75) is 13.3 Å². The second kappa shape index (κ2) is 5.54. The SMILES string of the molecule is CCN[P+]1(Cl)N=P(Cl)(Cl)N[P@]2(=N1)NCCCO2. The summed E-state index contributed by atoms with van der Waals surface area (Å²) in [6, 6.07) is 0. The number of halogens is 3. The fraction of sp³-hybridized carbons (Fsp3) is 1.00. The lowest BCUT2D eigenvalue weighted by Gasteiger charge is -2.33. The monoisotopic (exact) mass is 358 g/mol. The highest BCUT2D eigenvalue weighted by Crippen LogP contribution is 2.83. The van der Waals surface area contributed by atoms with Gasteiger partial charge in [0.2, 0.25) is 0 Å². The van der Waals surface area contributed by atoms with Crippen LogP contribution in [0, 0.1) is 0 Å². The van der Waals surface area contributed by atoms with Crippen molar-refractivity contribution in [3.63, 3.8) is 0 Å². The smallest absolute Gasteiger partial charge is 0.319 e. The van der Waals surface area contributed by atoms with Crippen molar-refractivity contribution in [2.24, 2.45) is 9.03 Å². The molecule has 1 fully saturated rings. The van der Waals surface area contributed by atoms with Crippen molar-refractivity contribution < 1.29 is 4.52 Å². The van der Waals surface area contributed by atoms with Crippen molar-refractivity contribution >= 4 is 54.3 Å². The van der Waals surface area contributed by atoms with Gasteiger partial charge in [-0.2, -0.15) is 4.86 Å². The fourth-order valence-electron chi connectivity index (χ4n) is 1.47. The molecule has 1 unspecified atom stereocenters. The number of rotatable bonds is 2. The molecule has 1 saturated heterocycles. The van der Waals surface area contributed by atoms with Crippen LogP contribution in [0.5, 0.6) is 0 Å². The summed E-state index contributed by atoms with van der Waals surface area (Å²) in [4.78, 5) is 3.01. The van der Waals surface area contributed by atoms with E-state index in [9.17, 15) is 0 Å². The summed E-state index contributed by atoms with van der Waals surface area (Å²) >= 11 is 18.7. The van der Waals surface area contributed by atoms with Gasteiger partial charge < -0.3 is 4.52 Å². The Hall–Kier alpha value is 1.60. The normalized spacial score (nSPS) is 40.7. The van der Waals surface area contributed by atoms with E-state index in [0.717, 1.165) is 13.0 Å². The molecular weight excluding hydrogens is 345 g/mol. The van der Waals surface area contributed by atoms with Gasteiger partial charge in [0.25, 0.3) is 13.5 Å². The minimum Gasteiger partial charge on any atom is -0.319 e. The molecule has 0 aromatic carbocycles. The number of hydrogen-bond donors (Lipinski definition) is 3. The van der Waals surface area contributed by atoms with Crippen LogP contribution in [0.15, 0.2) is 9.03 Å². The fourth-order valence-corrected chi connectivity index (χ4v) is 16.0. The van der Waals surface area contributed by atoms with E-state index >= 15 is 0 Å². The van der Waals surface area contributed by atoms with Gasteiger partial charge in [0.15, 0.2) is 11.2 Å². The van der Waals surface area contributed by atoms with Gasteiger partial charge in [-0.3, -0.25) is 0 Å². The van der Waals surface area contributed by atoms with Crippen LogP contribution < -0.4 is 15.0 Å². The number of hydrogen-bond acceptors (Lipinski definition) is 6. The van der Waals surface area contributed by atoms with Crippen LogP contribution in [0.1, 0.15) is 13.3 Å². The van der Waals surface area contributed by atoms with Gasteiger partial charge in [0.05, 0.1) is 6.61 Å². The van der Waals surface area contributed by atoms with Crippen molar-refractivity contribution in [1.82, 2.24) is 15.0 Å². The third-order valence-electron chi connectivity index (χ3n) is 2.02. The Balaban J connectivity index is 2.38. The second-order valence-electron chi connectivity index (χ2n) is 3.47. The molecule has 3 N–H and O–H groups in total. The third kappa shape index (κ3) is 3.79. The zero-order valence-corrected chi connectivity index (χ0v) is 14.1. The summed E-state index contributed by atoms with van der Waals surface area (Å²) in [6.07, 6.45) is 0.932. The van der Waals surface area contributed by atoms with Crippen LogP contribution in [-0.2, 0) is 4.52 Å². The van der Waals surface area contributed by atoms with E-state index in [1.165, 1.54) is 0 Å². The molecule has 1 spiro atoms. The summed E-state index contributed by atoms with van der Waals surface area (Å²) in [6.45, 7) is 4.01. The van der Waals surface area contributed by atoms with E-state index in [1.807, 2.05) is 6.92 Å². The average Bonchev–Trinajstić information content (AvgIpc) is 2.14. The molecule has 0 radical (unpaired) electrons. The first-order chi connectivity index (χ1) is 7.89. The van der Waals surface area contributed by atoms with Crippen molar-refractivity contribution in [3.05, 3.63) is 0 Å². The number of nitrogens with one attached hydrogen (secondary N) is 3. The molecule has 0 amide bonds. The zero-order chi connectivity index (χ0) is 12.6. The van der Waals surface area contributed by atoms with Crippen LogP contribution >= 0.6 is 54.3 Å². The minimum atomic E-state index is -2.68.